The first-order valence-corrected chi connectivity index (χ1v) is 8.57. The summed E-state index contributed by atoms with van der Waals surface area (Å²) in [5.74, 6) is 1.25. The van der Waals surface area contributed by atoms with Crippen LogP contribution in [0.25, 0.3) is 10.7 Å². The van der Waals surface area contributed by atoms with Crippen LogP contribution in [0.5, 0.6) is 0 Å². The third-order valence-electron chi connectivity index (χ3n) is 2.30. The molecule has 2 heterocycles. The molecule has 0 amide bonds. The van der Waals surface area contributed by atoms with E-state index in [4.69, 9.17) is 11.6 Å². The van der Waals surface area contributed by atoms with Gasteiger partial charge in [0.15, 0.2) is 5.82 Å². The van der Waals surface area contributed by atoms with Crippen molar-refractivity contribution in [1.82, 2.24) is 9.97 Å². The molecule has 2 aromatic heterocycles. The summed E-state index contributed by atoms with van der Waals surface area (Å²) >= 11 is 13.5. The van der Waals surface area contributed by atoms with Gasteiger partial charge < -0.3 is 0 Å². The molecule has 0 atom stereocenters. The van der Waals surface area contributed by atoms with E-state index in [0.29, 0.717) is 16.9 Å². The topological polar surface area (TPSA) is 25.8 Å². The minimum atomic E-state index is 0.538. The molecule has 0 N–H and O–H groups in total. The molecule has 18 heavy (non-hydrogen) atoms. The highest BCUT2D eigenvalue weighted by Gasteiger charge is 2.15. The van der Waals surface area contributed by atoms with Gasteiger partial charge in [-0.05, 0) is 62.3 Å². The maximum Gasteiger partial charge on any atom is 0.172 e. The molecule has 2 aromatic rings. The SMILES string of the molecule is CC(C)Cc1nc(-c2sccc2Br)nc(Cl)c1I. The zero-order valence-corrected chi connectivity index (χ0v) is 15.2. The molecule has 0 aliphatic carbocycles. The first-order chi connectivity index (χ1) is 8.49. The summed E-state index contributed by atoms with van der Waals surface area (Å²) in [6, 6.07) is 2.00. The van der Waals surface area contributed by atoms with Gasteiger partial charge in [-0.2, -0.15) is 0 Å². The molecule has 0 aromatic carbocycles. The molecule has 0 fully saturated rings. The molecular formula is C12H11BrClIN2S. The molecule has 6 heteroatoms. The Balaban J connectivity index is 2.51. The van der Waals surface area contributed by atoms with Gasteiger partial charge in [0.05, 0.1) is 14.1 Å². The van der Waals surface area contributed by atoms with Crippen LogP contribution in [-0.4, -0.2) is 9.97 Å². The average molecular weight is 458 g/mol. The van der Waals surface area contributed by atoms with Crippen molar-refractivity contribution in [3.63, 3.8) is 0 Å². The molecule has 2 rings (SSSR count). The van der Waals surface area contributed by atoms with Crippen molar-refractivity contribution in [1.29, 1.82) is 0 Å². The maximum absolute atomic E-state index is 6.20. The van der Waals surface area contributed by atoms with E-state index in [1.165, 1.54) is 0 Å². The molecular weight excluding hydrogens is 446 g/mol. The van der Waals surface area contributed by atoms with Gasteiger partial charge in [0.1, 0.15) is 5.15 Å². The Kier molecular flexibility index (Phi) is 5.02. The summed E-state index contributed by atoms with van der Waals surface area (Å²) in [7, 11) is 0. The normalized spacial score (nSPS) is 11.2. The number of thiophene rings is 1. The van der Waals surface area contributed by atoms with E-state index in [0.717, 1.165) is 25.0 Å². The lowest BCUT2D eigenvalue weighted by molar-refractivity contribution is 0.632. The second-order valence-corrected chi connectivity index (χ2v) is 7.50. The average Bonchev–Trinajstić information content (AvgIpc) is 2.70. The van der Waals surface area contributed by atoms with Gasteiger partial charge in [-0.1, -0.05) is 25.4 Å². The third kappa shape index (κ3) is 3.23. The number of nitrogens with zero attached hydrogens (tertiary/aromatic N) is 2. The smallest absolute Gasteiger partial charge is 0.172 e. The summed E-state index contributed by atoms with van der Waals surface area (Å²) in [6.07, 6.45) is 0.913. The Hall–Kier alpha value is 0.280. The Bertz CT molecular complexity index is 571. The van der Waals surface area contributed by atoms with Crippen LogP contribution in [0, 0.1) is 9.49 Å². The second kappa shape index (κ2) is 6.15. The Morgan fingerprint density at radius 1 is 1.44 bits per heavy atom. The van der Waals surface area contributed by atoms with Crippen LogP contribution in [0.3, 0.4) is 0 Å². The molecule has 0 unspecified atom stereocenters. The minimum Gasteiger partial charge on any atom is -0.231 e. The van der Waals surface area contributed by atoms with Gasteiger partial charge in [0, 0.05) is 4.47 Å². The molecule has 0 saturated carbocycles. The highest BCUT2D eigenvalue weighted by molar-refractivity contribution is 14.1. The Morgan fingerprint density at radius 2 is 2.17 bits per heavy atom. The summed E-state index contributed by atoms with van der Waals surface area (Å²) < 4.78 is 1.97. The van der Waals surface area contributed by atoms with Crippen LogP contribution in [0.1, 0.15) is 19.5 Å². The number of halogens is 3. The zero-order valence-electron chi connectivity index (χ0n) is 9.88. The van der Waals surface area contributed by atoms with Crippen LogP contribution in [0.2, 0.25) is 5.15 Å². The summed E-state index contributed by atoms with van der Waals surface area (Å²) in [4.78, 5) is 10.1. The quantitative estimate of drug-likeness (QED) is 0.454. The van der Waals surface area contributed by atoms with Crippen LogP contribution < -0.4 is 0 Å². The van der Waals surface area contributed by atoms with E-state index < -0.39 is 0 Å². The summed E-state index contributed by atoms with van der Waals surface area (Å²) in [5.41, 5.74) is 1.03. The first-order valence-electron chi connectivity index (χ1n) is 5.44. The lowest BCUT2D eigenvalue weighted by Gasteiger charge is -2.09. The molecule has 2 nitrogen and oxygen atoms in total. The van der Waals surface area contributed by atoms with Gasteiger partial charge in [0.2, 0.25) is 0 Å². The van der Waals surface area contributed by atoms with Crippen molar-refractivity contribution in [2.24, 2.45) is 5.92 Å². The van der Waals surface area contributed by atoms with Crippen molar-refractivity contribution in [2.45, 2.75) is 20.3 Å². The first kappa shape index (κ1) is 14.7. The van der Waals surface area contributed by atoms with E-state index in [1.807, 2.05) is 11.4 Å². The monoisotopic (exact) mass is 456 g/mol. The van der Waals surface area contributed by atoms with Crippen molar-refractivity contribution in [2.75, 3.05) is 0 Å². The molecule has 96 valence electrons. The van der Waals surface area contributed by atoms with Crippen molar-refractivity contribution < 1.29 is 0 Å². The largest absolute Gasteiger partial charge is 0.231 e. The van der Waals surface area contributed by atoms with E-state index in [-0.39, 0.29) is 0 Å². The summed E-state index contributed by atoms with van der Waals surface area (Å²) in [5, 5.41) is 2.55. The fraction of sp³-hybridized carbons (Fsp3) is 0.333. The maximum atomic E-state index is 6.20. The summed E-state index contributed by atoms with van der Waals surface area (Å²) in [6.45, 7) is 4.35. The van der Waals surface area contributed by atoms with Gasteiger partial charge >= 0.3 is 0 Å². The van der Waals surface area contributed by atoms with Crippen molar-refractivity contribution in [3.8, 4) is 10.7 Å². The van der Waals surface area contributed by atoms with Gasteiger partial charge in [-0.25, -0.2) is 9.97 Å². The van der Waals surface area contributed by atoms with Gasteiger partial charge in [-0.3, -0.25) is 0 Å². The molecule has 0 bridgehead atoms. The second-order valence-electron chi connectivity index (χ2n) is 4.29. The highest BCUT2D eigenvalue weighted by Crippen LogP contribution is 2.33. The predicted molar refractivity (Wildman–Crippen MR) is 89.3 cm³/mol. The van der Waals surface area contributed by atoms with Crippen molar-refractivity contribution in [3.05, 3.63) is 30.3 Å². The Labute approximate surface area is 137 Å². The minimum absolute atomic E-state index is 0.538. The number of hydrogen-bond acceptors (Lipinski definition) is 3. The molecule has 0 aliphatic heterocycles. The fourth-order valence-electron chi connectivity index (χ4n) is 1.54. The molecule has 0 aliphatic rings. The number of hydrogen-bond donors (Lipinski definition) is 0. The molecule has 0 radical (unpaired) electrons. The molecule has 0 saturated heterocycles. The number of rotatable bonds is 3. The predicted octanol–water partition coefficient (Wildman–Crippen LogP) is 5.42. The van der Waals surface area contributed by atoms with E-state index in [2.05, 4.69) is 62.3 Å². The van der Waals surface area contributed by atoms with Crippen molar-refractivity contribution >= 4 is 61.5 Å². The van der Waals surface area contributed by atoms with Crippen LogP contribution in [0.15, 0.2) is 15.9 Å². The van der Waals surface area contributed by atoms with Crippen LogP contribution in [0.4, 0.5) is 0 Å². The van der Waals surface area contributed by atoms with Crippen LogP contribution >= 0.6 is 61.5 Å². The van der Waals surface area contributed by atoms with Crippen LogP contribution in [-0.2, 0) is 6.42 Å². The van der Waals surface area contributed by atoms with Gasteiger partial charge in [0.25, 0.3) is 0 Å². The zero-order chi connectivity index (χ0) is 13.3. The molecule has 0 spiro atoms. The van der Waals surface area contributed by atoms with Gasteiger partial charge in [-0.15, -0.1) is 11.3 Å². The Morgan fingerprint density at radius 3 is 2.72 bits per heavy atom. The van der Waals surface area contributed by atoms with E-state index in [9.17, 15) is 0 Å². The third-order valence-corrected chi connectivity index (χ3v) is 5.86. The lowest BCUT2D eigenvalue weighted by atomic mass is 10.1. The standard InChI is InChI=1S/C12H11BrClIN2S/c1-6(2)5-8-9(15)11(14)17-12(16-8)10-7(13)3-4-18-10/h3-4,6H,5H2,1-2H3. The lowest BCUT2D eigenvalue weighted by Crippen LogP contribution is -2.04. The highest BCUT2D eigenvalue weighted by atomic mass is 127. The fourth-order valence-corrected chi connectivity index (χ4v) is 3.67. The van der Waals surface area contributed by atoms with E-state index in [1.54, 1.807) is 11.3 Å². The number of aromatic nitrogens is 2. The van der Waals surface area contributed by atoms with E-state index >= 15 is 0 Å².